The van der Waals surface area contributed by atoms with Crippen LogP contribution in [0.4, 0.5) is 0 Å². The number of aryl methyl sites for hydroxylation is 1. The van der Waals surface area contributed by atoms with Crippen LogP contribution in [-0.4, -0.2) is 32.7 Å². The molecule has 0 spiro atoms. The van der Waals surface area contributed by atoms with Gasteiger partial charge in [0, 0.05) is 6.04 Å². The molecule has 1 amide bonds. The number of carbonyl (C=O) groups excluding carboxylic acids is 1. The third-order valence-corrected chi connectivity index (χ3v) is 4.12. The second kappa shape index (κ2) is 10.5. The van der Waals surface area contributed by atoms with Gasteiger partial charge in [-0.05, 0) is 48.7 Å². The number of amides is 1. The van der Waals surface area contributed by atoms with E-state index in [0.717, 1.165) is 29.0 Å². The molecular formula is C21H28N2O3. The summed E-state index contributed by atoms with van der Waals surface area (Å²) in [7, 11) is 1.65. The predicted octanol–water partition coefficient (Wildman–Crippen LogP) is 3.24. The number of benzene rings is 2. The Morgan fingerprint density at radius 1 is 1.12 bits per heavy atom. The Morgan fingerprint density at radius 3 is 2.54 bits per heavy atom. The highest BCUT2D eigenvalue weighted by Crippen LogP contribution is 2.19. The lowest BCUT2D eigenvalue weighted by atomic mass is 10.0. The molecule has 1 unspecified atom stereocenters. The van der Waals surface area contributed by atoms with E-state index in [-0.39, 0.29) is 18.5 Å². The van der Waals surface area contributed by atoms with E-state index in [1.165, 1.54) is 0 Å². The molecular weight excluding hydrogens is 328 g/mol. The Kier molecular flexibility index (Phi) is 7.96. The Hall–Kier alpha value is -2.53. The van der Waals surface area contributed by atoms with Gasteiger partial charge in [-0.3, -0.25) is 4.79 Å². The first kappa shape index (κ1) is 19.8. The van der Waals surface area contributed by atoms with Crippen molar-refractivity contribution in [2.75, 3.05) is 26.8 Å². The second-order valence-electron chi connectivity index (χ2n) is 6.13. The van der Waals surface area contributed by atoms with Gasteiger partial charge in [0.2, 0.25) is 5.91 Å². The minimum Gasteiger partial charge on any atom is -0.497 e. The molecule has 5 nitrogen and oxygen atoms in total. The standard InChI is InChI=1S/C21H28N2O3/c1-4-20(17-8-10-18(25-3)11-9-17)23-15-21(24)22-12-13-26-19-7-5-6-16(2)14-19/h5-11,14,20,23H,4,12-13,15H2,1-3H3,(H,22,24). The van der Waals surface area contributed by atoms with Gasteiger partial charge in [0.25, 0.3) is 0 Å². The van der Waals surface area contributed by atoms with Crippen LogP contribution < -0.4 is 20.1 Å². The van der Waals surface area contributed by atoms with Crippen LogP contribution in [-0.2, 0) is 4.79 Å². The monoisotopic (exact) mass is 356 g/mol. The van der Waals surface area contributed by atoms with E-state index in [4.69, 9.17) is 9.47 Å². The Morgan fingerprint density at radius 2 is 1.88 bits per heavy atom. The molecule has 2 aromatic rings. The van der Waals surface area contributed by atoms with Crippen LogP contribution in [0.2, 0.25) is 0 Å². The second-order valence-corrected chi connectivity index (χ2v) is 6.13. The number of methoxy groups -OCH3 is 1. The molecule has 0 aliphatic carbocycles. The fourth-order valence-corrected chi connectivity index (χ4v) is 2.68. The molecule has 0 aliphatic heterocycles. The zero-order valence-electron chi connectivity index (χ0n) is 15.7. The van der Waals surface area contributed by atoms with Gasteiger partial charge >= 0.3 is 0 Å². The van der Waals surface area contributed by atoms with Crippen molar-refractivity contribution in [2.24, 2.45) is 0 Å². The largest absolute Gasteiger partial charge is 0.497 e. The van der Waals surface area contributed by atoms with Crippen LogP contribution in [0.1, 0.15) is 30.5 Å². The maximum absolute atomic E-state index is 12.0. The van der Waals surface area contributed by atoms with E-state index in [1.807, 2.05) is 55.5 Å². The molecule has 2 aromatic carbocycles. The summed E-state index contributed by atoms with van der Waals surface area (Å²) < 4.78 is 10.8. The van der Waals surface area contributed by atoms with Crippen molar-refractivity contribution in [3.63, 3.8) is 0 Å². The van der Waals surface area contributed by atoms with Crippen molar-refractivity contribution >= 4 is 5.91 Å². The van der Waals surface area contributed by atoms with Crippen molar-refractivity contribution < 1.29 is 14.3 Å². The fourth-order valence-electron chi connectivity index (χ4n) is 2.68. The normalized spacial score (nSPS) is 11.7. The SMILES string of the molecule is CCC(NCC(=O)NCCOc1cccc(C)c1)c1ccc(OC)cc1. The topological polar surface area (TPSA) is 59.6 Å². The van der Waals surface area contributed by atoms with Crippen LogP contribution in [0.25, 0.3) is 0 Å². The number of hydrogen-bond acceptors (Lipinski definition) is 4. The van der Waals surface area contributed by atoms with E-state index in [9.17, 15) is 4.79 Å². The molecule has 140 valence electrons. The molecule has 0 saturated heterocycles. The van der Waals surface area contributed by atoms with E-state index >= 15 is 0 Å². The summed E-state index contributed by atoms with van der Waals surface area (Å²) in [5, 5.41) is 6.17. The number of carbonyl (C=O) groups is 1. The van der Waals surface area contributed by atoms with Gasteiger partial charge in [-0.1, -0.05) is 31.2 Å². The molecule has 0 saturated carbocycles. The summed E-state index contributed by atoms with van der Waals surface area (Å²) in [5.74, 6) is 1.61. The van der Waals surface area contributed by atoms with Crippen LogP contribution in [0.5, 0.6) is 11.5 Å². The first-order chi connectivity index (χ1) is 12.6. The maximum atomic E-state index is 12.0. The Labute approximate surface area is 155 Å². The summed E-state index contributed by atoms with van der Waals surface area (Å²) >= 11 is 0. The summed E-state index contributed by atoms with van der Waals surface area (Å²) in [6, 6.07) is 15.9. The summed E-state index contributed by atoms with van der Waals surface area (Å²) in [6.45, 7) is 5.32. The van der Waals surface area contributed by atoms with Crippen LogP contribution in [0, 0.1) is 6.92 Å². The number of rotatable bonds is 10. The molecule has 0 aromatic heterocycles. The van der Waals surface area contributed by atoms with E-state index < -0.39 is 0 Å². The van der Waals surface area contributed by atoms with Gasteiger partial charge in [0.1, 0.15) is 18.1 Å². The highest BCUT2D eigenvalue weighted by molar-refractivity contribution is 5.78. The average molecular weight is 356 g/mol. The fraction of sp³-hybridized carbons (Fsp3) is 0.381. The molecule has 0 aliphatic rings. The highest BCUT2D eigenvalue weighted by Gasteiger charge is 2.10. The van der Waals surface area contributed by atoms with E-state index in [0.29, 0.717) is 13.2 Å². The van der Waals surface area contributed by atoms with Gasteiger partial charge in [0.15, 0.2) is 0 Å². The highest BCUT2D eigenvalue weighted by atomic mass is 16.5. The molecule has 2 rings (SSSR count). The van der Waals surface area contributed by atoms with Gasteiger partial charge in [0.05, 0.1) is 20.2 Å². The molecule has 26 heavy (non-hydrogen) atoms. The van der Waals surface area contributed by atoms with E-state index in [2.05, 4.69) is 17.6 Å². The van der Waals surface area contributed by atoms with Crippen molar-refractivity contribution in [3.05, 3.63) is 59.7 Å². The predicted molar refractivity (Wildman–Crippen MR) is 104 cm³/mol. The minimum absolute atomic E-state index is 0.0372. The smallest absolute Gasteiger partial charge is 0.234 e. The van der Waals surface area contributed by atoms with Crippen molar-refractivity contribution in [1.29, 1.82) is 0 Å². The minimum atomic E-state index is -0.0372. The molecule has 0 radical (unpaired) electrons. The maximum Gasteiger partial charge on any atom is 0.234 e. The number of nitrogens with one attached hydrogen (secondary N) is 2. The van der Waals surface area contributed by atoms with Gasteiger partial charge in [-0.2, -0.15) is 0 Å². The first-order valence-corrected chi connectivity index (χ1v) is 8.96. The Bertz CT molecular complexity index is 686. The van der Waals surface area contributed by atoms with Crippen LogP contribution in [0.3, 0.4) is 0 Å². The van der Waals surface area contributed by atoms with Gasteiger partial charge in [-0.15, -0.1) is 0 Å². The van der Waals surface area contributed by atoms with Crippen LogP contribution >= 0.6 is 0 Å². The van der Waals surface area contributed by atoms with Crippen molar-refractivity contribution in [3.8, 4) is 11.5 Å². The molecule has 0 fully saturated rings. The van der Waals surface area contributed by atoms with Crippen molar-refractivity contribution in [2.45, 2.75) is 26.3 Å². The average Bonchev–Trinajstić information content (AvgIpc) is 2.66. The molecule has 0 heterocycles. The van der Waals surface area contributed by atoms with Crippen molar-refractivity contribution in [1.82, 2.24) is 10.6 Å². The lowest BCUT2D eigenvalue weighted by Gasteiger charge is -2.17. The molecule has 1 atom stereocenters. The number of ether oxygens (including phenoxy) is 2. The van der Waals surface area contributed by atoms with Gasteiger partial charge < -0.3 is 20.1 Å². The molecule has 2 N–H and O–H groups in total. The van der Waals surface area contributed by atoms with E-state index in [1.54, 1.807) is 7.11 Å². The third kappa shape index (κ3) is 6.41. The summed E-state index contributed by atoms with van der Waals surface area (Å²) in [6.07, 6.45) is 0.899. The molecule has 5 heteroatoms. The number of hydrogen-bond donors (Lipinski definition) is 2. The molecule has 0 bridgehead atoms. The third-order valence-electron chi connectivity index (χ3n) is 4.12. The van der Waals surface area contributed by atoms with Crippen LogP contribution in [0.15, 0.2) is 48.5 Å². The summed E-state index contributed by atoms with van der Waals surface area (Å²) in [5.41, 5.74) is 2.30. The zero-order valence-corrected chi connectivity index (χ0v) is 15.7. The Balaban J connectivity index is 1.69. The quantitative estimate of drug-likeness (QED) is 0.642. The first-order valence-electron chi connectivity index (χ1n) is 8.96. The van der Waals surface area contributed by atoms with Gasteiger partial charge in [-0.25, -0.2) is 0 Å². The zero-order chi connectivity index (χ0) is 18.8. The lowest BCUT2D eigenvalue weighted by Crippen LogP contribution is -2.37. The summed E-state index contributed by atoms with van der Waals surface area (Å²) in [4.78, 5) is 12.0. The lowest BCUT2D eigenvalue weighted by molar-refractivity contribution is -0.120.